The molecule has 1 heterocycles. The Morgan fingerprint density at radius 2 is 1.57 bits per heavy atom. The van der Waals surface area contributed by atoms with Crippen LogP contribution in [0.15, 0.2) is 24.3 Å². The Morgan fingerprint density at radius 1 is 0.957 bits per heavy atom. The fraction of sp³-hybridized carbons (Fsp3) is 0.389. The first-order valence-corrected chi connectivity index (χ1v) is 7.66. The van der Waals surface area contributed by atoms with E-state index in [-0.39, 0.29) is 11.4 Å². The lowest BCUT2D eigenvalue weighted by Crippen LogP contribution is -2.27. The summed E-state index contributed by atoms with van der Waals surface area (Å²) in [6.07, 6.45) is 0. The van der Waals surface area contributed by atoms with Crippen molar-refractivity contribution in [2.75, 3.05) is 10.6 Å². The molecule has 2 N–H and O–H groups in total. The summed E-state index contributed by atoms with van der Waals surface area (Å²) in [5.74, 6) is 0.970. The summed E-state index contributed by atoms with van der Waals surface area (Å²) in [4.78, 5) is 21.1. The first-order chi connectivity index (χ1) is 10.6. The van der Waals surface area contributed by atoms with E-state index in [9.17, 15) is 4.79 Å². The lowest BCUT2D eigenvalue weighted by atomic mass is 10.1. The van der Waals surface area contributed by atoms with Crippen molar-refractivity contribution in [1.29, 1.82) is 0 Å². The van der Waals surface area contributed by atoms with E-state index in [0.717, 1.165) is 16.8 Å². The predicted molar refractivity (Wildman–Crippen MR) is 94.0 cm³/mol. The molecule has 1 aromatic carbocycles. The zero-order chi connectivity index (χ0) is 17.2. The fourth-order valence-corrected chi connectivity index (χ4v) is 2.37. The van der Waals surface area contributed by atoms with Crippen molar-refractivity contribution in [2.45, 2.75) is 47.1 Å². The van der Waals surface area contributed by atoms with E-state index in [1.807, 2.05) is 46.8 Å². The standard InChI is InChI=1S/C18H24N4O/c1-11-7-12(2)9-14(8-11)21-17(23)15-10-16(20-13(3)19-15)22-18(4,5)6/h7-10H,1-6H3,(H,21,23)(H,19,20,22). The zero-order valence-electron chi connectivity index (χ0n) is 14.6. The average Bonchev–Trinajstić information content (AvgIpc) is 2.34. The normalized spacial score (nSPS) is 11.2. The second-order valence-corrected chi connectivity index (χ2v) is 6.89. The maximum Gasteiger partial charge on any atom is 0.274 e. The molecule has 5 nitrogen and oxygen atoms in total. The molecule has 0 saturated carbocycles. The number of hydrogen-bond donors (Lipinski definition) is 2. The molecule has 0 aliphatic carbocycles. The van der Waals surface area contributed by atoms with E-state index >= 15 is 0 Å². The van der Waals surface area contributed by atoms with Gasteiger partial charge in [0.05, 0.1) is 0 Å². The van der Waals surface area contributed by atoms with Crippen LogP contribution in [0.2, 0.25) is 0 Å². The molecule has 0 aliphatic rings. The Kier molecular flexibility index (Phi) is 4.68. The van der Waals surface area contributed by atoms with Gasteiger partial charge in [-0.1, -0.05) is 6.07 Å². The Bertz CT molecular complexity index is 712. The van der Waals surface area contributed by atoms with Gasteiger partial charge in [0.25, 0.3) is 5.91 Å². The molecule has 0 bridgehead atoms. The number of carbonyl (C=O) groups excluding carboxylic acids is 1. The first-order valence-electron chi connectivity index (χ1n) is 7.66. The van der Waals surface area contributed by atoms with Crippen LogP contribution in [0.5, 0.6) is 0 Å². The number of nitrogens with zero attached hydrogens (tertiary/aromatic N) is 2. The summed E-state index contributed by atoms with van der Waals surface area (Å²) in [6, 6.07) is 7.62. The fourth-order valence-electron chi connectivity index (χ4n) is 2.37. The third-order valence-corrected chi connectivity index (χ3v) is 3.05. The Labute approximate surface area is 137 Å². The number of amides is 1. The molecule has 2 rings (SSSR count). The minimum absolute atomic E-state index is 0.137. The second kappa shape index (κ2) is 6.36. The van der Waals surface area contributed by atoms with Crippen LogP contribution in [0.25, 0.3) is 0 Å². The van der Waals surface area contributed by atoms with Crippen LogP contribution < -0.4 is 10.6 Å². The van der Waals surface area contributed by atoms with Crippen LogP contribution in [0.1, 0.15) is 48.2 Å². The molecule has 23 heavy (non-hydrogen) atoms. The number of hydrogen-bond acceptors (Lipinski definition) is 4. The third-order valence-electron chi connectivity index (χ3n) is 3.05. The summed E-state index contributed by atoms with van der Waals surface area (Å²) < 4.78 is 0. The summed E-state index contributed by atoms with van der Waals surface area (Å²) in [7, 11) is 0. The highest BCUT2D eigenvalue weighted by molar-refractivity contribution is 6.03. The van der Waals surface area contributed by atoms with Crippen molar-refractivity contribution in [2.24, 2.45) is 0 Å². The van der Waals surface area contributed by atoms with Crippen LogP contribution in [-0.4, -0.2) is 21.4 Å². The summed E-state index contributed by atoms with van der Waals surface area (Å²) in [6.45, 7) is 11.9. The Balaban J connectivity index is 2.25. The van der Waals surface area contributed by atoms with Gasteiger partial charge in [0, 0.05) is 17.3 Å². The molecule has 1 amide bonds. The van der Waals surface area contributed by atoms with Crippen LogP contribution in [0.4, 0.5) is 11.5 Å². The number of carbonyl (C=O) groups is 1. The van der Waals surface area contributed by atoms with E-state index in [1.165, 1.54) is 0 Å². The minimum Gasteiger partial charge on any atom is -0.365 e. The van der Waals surface area contributed by atoms with Crippen molar-refractivity contribution >= 4 is 17.4 Å². The maximum atomic E-state index is 12.5. The van der Waals surface area contributed by atoms with Gasteiger partial charge >= 0.3 is 0 Å². The first kappa shape index (κ1) is 16.9. The van der Waals surface area contributed by atoms with Gasteiger partial charge in [-0.05, 0) is 64.8 Å². The quantitative estimate of drug-likeness (QED) is 0.903. The van der Waals surface area contributed by atoms with Crippen LogP contribution in [0.3, 0.4) is 0 Å². The van der Waals surface area contributed by atoms with Gasteiger partial charge in [-0.2, -0.15) is 0 Å². The SMILES string of the molecule is Cc1cc(C)cc(NC(=O)c2cc(NC(C)(C)C)nc(C)n2)c1. The highest BCUT2D eigenvalue weighted by Crippen LogP contribution is 2.17. The molecular weight excluding hydrogens is 288 g/mol. The van der Waals surface area contributed by atoms with Crippen LogP contribution in [-0.2, 0) is 0 Å². The van der Waals surface area contributed by atoms with E-state index in [1.54, 1.807) is 13.0 Å². The van der Waals surface area contributed by atoms with Gasteiger partial charge in [-0.25, -0.2) is 9.97 Å². The highest BCUT2D eigenvalue weighted by Gasteiger charge is 2.15. The smallest absolute Gasteiger partial charge is 0.274 e. The van der Waals surface area contributed by atoms with Gasteiger partial charge in [0.1, 0.15) is 17.3 Å². The second-order valence-electron chi connectivity index (χ2n) is 6.89. The summed E-state index contributed by atoms with van der Waals surface area (Å²) >= 11 is 0. The molecule has 0 atom stereocenters. The van der Waals surface area contributed by atoms with Gasteiger partial charge in [0.15, 0.2) is 0 Å². The van der Waals surface area contributed by atoms with E-state index in [0.29, 0.717) is 17.3 Å². The van der Waals surface area contributed by atoms with E-state index in [4.69, 9.17) is 0 Å². The van der Waals surface area contributed by atoms with Crippen molar-refractivity contribution in [3.05, 3.63) is 46.9 Å². The number of rotatable bonds is 3. The number of anilines is 2. The average molecular weight is 312 g/mol. The molecule has 122 valence electrons. The topological polar surface area (TPSA) is 66.9 Å². The Hall–Kier alpha value is -2.43. The summed E-state index contributed by atoms with van der Waals surface area (Å²) in [5.41, 5.74) is 3.20. The molecule has 0 radical (unpaired) electrons. The van der Waals surface area contributed by atoms with Crippen LogP contribution >= 0.6 is 0 Å². The maximum absolute atomic E-state index is 12.5. The van der Waals surface area contributed by atoms with Crippen molar-refractivity contribution in [1.82, 2.24) is 9.97 Å². The molecule has 2 aromatic rings. The number of aryl methyl sites for hydroxylation is 3. The number of benzene rings is 1. The van der Waals surface area contributed by atoms with E-state index < -0.39 is 0 Å². The van der Waals surface area contributed by atoms with Gasteiger partial charge in [-0.3, -0.25) is 4.79 Å². The van der Waals surface area contributed by atoms with E-state index in [2.05, 4.69) is 26.7 Å². The summed E-state index contributed by atoms with van der Waals surface area (Å²) in [5, 5.41) is 6.17. The van der Waals surface area contributed by atoms with Gasteiger partial charge in [-0.15, -0.1) is 0 Å². The van der Waals surface area contributed by atoms with Gasteiger partial charge in [0.2, 0.25) is 0 Å². The lowest BCUT2D eigenvalue weighted by Gasteiger charge is -2.21. The Morgan fingerprint density at radius 3 is 2.13 bits per heavy atom. The molecule has 0 aliphatic heterocycles. The minimum atomic E-state index is -0.238. The monoisotopic (exact) mass is 312 g/mol. The molecule has 1 aromatic heterocycles. The van der Waals surface area contributed by atoms with Gasteiger partial charge < -0.3 is 10.6 Å². The molecule has 0 unspecified atom stereocenters. The largest absolute Gasteiger partial charge is 0.365 e. The molecule has 0 spiro atoms. The number of nitrogens with one attached hydrogen (secondary N) is 2. The predicted octanol–water partition coefficient (Wildman–Crippen LogP) is 3.86. The molecule has 0 fully saturated rings. The molecule has 5 heteroatoms. The lowest BCUT2D eigenvalue weighted by molar-refractivity contribution is 0.102. The number of aromatic nitrogens is 2. The highest BCUT2D eigenvalue weighted by atomic mass is 16.1. The van der Waals surface area contributed by atoms with Crippen molar-refractivity contribution in [3.8, 4) is 0 Å². The third kappa shape index (κ3) is 5.06. The van der Waals surface area contributed by atoms with Crippen molar-refractivity contribution in [3.63, 3.8) is 0 Å². The van der Waals surface area contributed by atoms with Crippen molar-refractivity contribution < 1.29 is 4.79 Å². The molecule has 0 saturated heterocycles. The van der Waals surface area contributed by atoms with Crippen LogP contribution in [0, 0.1) is 20.8 Å². The molecular formula is C18H24N4O. The zero-order valence-corrected chi connectivity index (χ0v) is 14.6.